The number of urea groups is 1. The van der Waals surface area contributed by atoms with E-state index in [-0.39, 0.29) is 24.0 Å². The minimum Gasteiger partial charge on any atom is -0.377 e. The number of amides is 3. The first-order chi connectivity index (χ1) is 13.2. The van der Waals surface area contributed by atoms with Crippen LogP contribution in [0.5, 0.6) is 0 Å². The number of carbonyl (C=O) groups excluding carboxylic acids is 2. The van der Waals surface area contributed by atoms with Gasteiger partial charge in [-0.05, 0) is 37.0 Å². The lowest BCUT2D eigenvalue weighted by atomic mass is 9.99. The molecule has 27 heavy (non-hydrogen) atoms. The standard InChI is InChI=1S/C19H20N4O3S/c24-17-6-2-11-7-12(1-5-15(11)20-17)16-10-27-18(21-16)22-19(25)23-13-3-4-14(23)9-26-8-13/h1,5,7,10,13-14H,2-4,6,8-9H2,(H,20,24)(H,21,22,25). The summed E-state index contributed by atoms with van der Waals surface area (Å²) in [6.45, 7) is 1.25. The quantitative estimate of drug-likeness (QED) is 0.833. The Labute approximate surface area is 160 Å². The Bertz CT molecular complexity index is 896. The van der Waals surface area contributed by atoms with E-state index in [4.69, 9.17) is 4.74 Å². The van der Waals surface area contributed by atoms with Crippen molar-refractivity contribution in [2.45, 2.75) is 37.8 Å². The highest BCUT2D eigenvalue weighted by atomic mass is 32.1. The topological polar surface area (TPSA) is 83.6 Å². The molecule has 4 heterocycles. The summed E-state index contributed by atoms with van der Waals surface area (Å²) >= 11 is 1.43. The molecule has 3 aliphatic heterocycles. The third-order valence-electron chi connectivity index (χ3n) is 5.49. The second-order valence-corrected chi connectivity index (χ2v) is 8.08. The van der Waals surface area contributed by atoms with Gasteiger partial charge < -0.3 is 15.0 Å². The highest BCUT2D eigenvalue weighted by molar-refractivity contribution is 7.14. The Balaban J connectivity index is 1.32. The summed E-state index contributed by atoms with van der Waals surface area (Å²) in [6.07, 6.45) is 3.26. The fraction of sp³-hybridized carbons (Fsp3) is 0.421. The summed E-state index contributed by atoms with van der Waals surface area (Å²) in [6, 6.07) is 6.22. The van der Waals surface area contributed by atoms with E-state index < -0.39 is 0 Å². The molecule has 3 aliphatic rings. The predicted octanol–water partition coefficient (Wildman–Crippen LogP) is 3.09. The Kier molecular flexibility index (Phi) is 4.09. The molecule has 140 valence electrons. The van der Waals surface area contributed by atoms with Crippen LogP contribution in [0.3, 0.4) is 0 Å². The van der Waals surface area contributed by atoms with E-state index in [9.17, 15) is 9.59 Å². The van der Waals surface area contributed by atoms with Crippen LogP contribution in [-0.2, 0) is 16.0 Å². The van der Waals surface area contributed by atoms with Gasteiger partial charge in [0, 0.05) is 23.1 Å². The van der Waals surface area contributed by atoms with Gasteiger partial charge in [-0.2, -0.15) is 0 Å². The van der Waals surface area contributed by atoms with Gasteiger partial charge in [0.1, 0.15) is 0 Å². The van der Waals surface area contributed by atoms with Crippen molar-refractivity contribution in [2.75, 3.05) is 23.8 Å². The number of aromatic nitrogens is 1. The van der Waals surface area contributed by atoms with Gasteiger partial charge >= 0.3 is 6.03 Å². The maximum absolute atomic E-state index is 12.7. The molecule has 0 radical (unpaired) electrons. The second-order valence-electron chi connectivity index (χ2n) is 7.22. The van der Waals surface area contributed by atoms with Gasteiger partial charge in [0.25, 0.3) is 0 Å². The number of thiazole rings is 1. The van der Waals surface area contributed by atoms with E-state index in [0.29, 0.717) is 24.8 Å². The van der Waals surface area contributed by atoms with E-state index in [1.807, 2.05) is 22.4 Å². The zero-order valence-electron chi connectivity index (χ0n) is 14.7. The number of ether oxygens (including phenoxy) is 1. The smallest absolute Gasteiger partial charge is 0.324 e. The third kappa shape index (κ3) is 3.08. The van der Waals surface area contributed by atoms with Crippen molar-refractivity contribution in [2.24, 2.45) is 0 Å². The van der Waals surface area contributed by atoms with Crippen molar-refractivity contribution in [1.29, 1.82) is 0 Å². The third-order valence-corrected chi connectivity index (χ3v) is 6.25. The van der Waals surface area contributed by atoms with Crippen LogP contribution in [0, 0.1) is 0 Å². The number of fused-ring (bicyclic) bond motifs is 3. The minimum atomic E-state index is -0.0835. The van der Waals surface area contributed by atoms with Gasteiger partial charge in [-0.25, -0.2) is 9.78 Å². The van der Waals surface area contributed by atoms with Crippen molar-refractivity contribution in [1.82, 2.24) is 9.88 Å². The van der Waals surface area contributed by atoms with Crippen LogP contribution in [-0.4, -0.2) is 47.1 Å². The molecule has 0 spiro atoms. The first kappa shape index (κ1) is 16.7. The van der Waals surface area contributed by atoms with E-state index in [1.165, 1.54) is 11.3 Å². The summed E-state index contributed by atoms with van der Waals surface area (Å²) in [5.41, 5.74) is 3.82. The van der Waals surface area contributed by atoms with Crippen molar-refractivity contribution in [3.05, 3.63) is 29.1 Å². The fourth-order valence-electron chi connectivity index (χ4n) is 4.12. The molecule has 7 nitrogen and oxygen atoms in total. The van der Waals surface area contributed by atoms with Gasteiger partial charge in [0.05, 0.1) is 31.0 Å². The lowest BCUT2D eigenvalue weighted by Gasteiger charge is -2.34. The molecule has 2 bridgehead atoms. The molecule has 2 N–H and O–H groups in total. The zero-order chi connectivity index (χ0) is 18.4. The number of hydrogen-bond acceptors (Lipinski definition) is 5. The lowest BCUT2D eigenvalue weighted by molar-refractivity contribution is -0.116. The molecule has 8 heteroatoms. The average molecular weight is 384 g/mol. The van der Waals surface area contributed by atoms with Crippen LogP contribution in [0.1, 0.15) is 24.8 Å². The molecule has 1 aromatic heterocycles. The number of anilines is 2. The van der Waals surface area contributed by atoms with Crippen LogP contribution >= 0.6 is 11.3 Å². The van der Waals surface area contributed by atoms with Crippen LogP contribution in [0.25, 0.3) is 11.3 Å². The number of morpholine rings is 1. The molecule has 5 rings (SSSR count). The largest absolute Gasteiger partial charge is 0.377 e. The second kappa shape index (κ2) is 6.61. The number of rotatable bonds is 2. The SMILES string of the molecule is O=C1CCc2cc(-c3csc(NC(=O)N4C5CCC4COC5)n3)ccc2N1. The van der Waals surface area contributed by atoms with E-state index in [0.717, 1.165) is 41.8 Å². The van der Waals surface area contributed by atoms with Gasteiger partial charge in [0.15, 0.2) is 5.13 Å². The molecule has 0 saturated carbocycles. The van der Waals surface area contributed by atoms with Crippen LogP contribution in [0.4, 0.5) is 15.6 Å². The van der Waals surface area contributed by atoms with Crippen LogP contribution in [0.15, 0.2) is 23.6 Å². The van der Waals surface area contributed by atoms with Crippen molar-refractivity contribution < 1.29 is 14.3 Å². The van der Waals surface area contributed by atoms with E-state index in [2.05, 4.69) is 21.7 Å². The molecule has 1 aromatic carbocycles. The summed E-state index contributed by atoms with van der Waals surface area (Å²) in [5, 5.41) is 8.40. The maximum Gasteiger partial charge on any atom is 0.324 e. The van der Waals surface area contributed by atoms with Gasteiger partial charge in [-0.1, -0.05) is 6.07 Å². The molecule has 2 unspecified atom stereocenters. The highest BCUT2D eigenvalue weighted by Gasteiger charge is 2.40. The van der Waals surface area contributed by atoms with Gasteiger partial charge in [-0.15, -0.1) is 11.3 Å². The summed E-state index contributed by atoms with van der Waals surface area (Å²) in [5.74, 6) is 0.0611. The van der Waals surface area contributed by atoms with Crippen molar-refractivity contribution >= 4 is 34.1 Å². The Morgan fingerprint density at radius 2 is 2.07 bits per heavy atom. The van der Waals surface area contributed by atoms with Gasteiger partial charge in [-0.3, -0.25) is 10.1 Å². The van der Waals surface area contributed by atoms with Crippen molar-refractivity contribution in [3.63, 3.8) is 0 Å². The number of hydrogen-bond donors (Lipinski definition) is 2. The fourth-order valence-corrected chi connectivity index (χ4v) is 4.83. The van der Waals surface area contributed by atoms with Crippen LogP contribution in [0.2, 0.25) is 0 Å². The monoisotopic (exact) mass is 384 g/mol. The highest BCUT2D eigenvalue weighted by Crippen LogP contribution is 2.32. The summed E-state index contributed by atoms with van der Waals surface area (Å²) in [4.78, 5) is 30.7. The molecular formula is C19H20N4O3S. The maximum atomic E-state index is 12.7. The zero-order valence-corrected chi connectivity index (χ0v) is 15.6. The molecule has 2 atom stereocenters. The first-order valence-corrected chi connectivity index (χ1v) is 10.1. The first-order valence-electron chi connectivity index (χ1n) is 9.23. The summed E-state index contributed by atoms with van der Waals surface area (Å²) < 4.78 is 5.54. The average Bonchev–Trinajstić information content (AvgIpc) is 3.23. The molecule has 0 aliphatic carbocycles. The number of benzene rings is 1. The number of carbonyl (C=O) groups is 2. The normalized spacial score (nSPS) is 23.7. The molecule has 2 fully saturated rings. The molecule has 2 saturated heterocycles. The van der Waals surface area contributed by atoms with Crippen LogP contribution < -0.4 is 10.6 Å². The van der Waals surface area contributed by atoms with E-state index in [1.54, 1.807) is 0 Å². The Hall–Kier alpha value is -2.45. The van der Waals surface area contributed by atoms with Gasteiger partial charge in [0.2, 0.25) is 5.91 Å². The lowest BCUT2D eigenvalue weighted by Crippen LogP contribution is -2.50. The minimum absolute atomic E-state index is 0.0611. The summed E-state index contributed by atoms with van der Waals surface area (Å²) in [7, 11) is 0. The molecule has 2 aromatic rings. The molecular weight excluding hydrogens is 364 g/mol. The van der Waals surface area contributed by atoms with Crippen molar-refractivity contribution in [3.8, 4) is 11.3 Å². The Morgan fingerprint density at radius 1 is 1.26 bits per heavy atom. The number of aryl methyl sites for hydroxylation is 1. The number of nitrogens with one attached hydrogen (secondary N) is 2. The van der Waals surface area contributed by atoms with E-state index >= 15 is 0 Å². The molecule has 3 amide bonds. The Morgan fingerprint density at radius 3 is 2.89 bits per heavy atom. The number of nitrogens with zero attached hydrogens (tertiary/aromatic N) is 2. The predicted molar refractivity (Wildman–Crippen MR) is 103 cm³/mol.